The normalized spacial score (nSPS) is 19.9. The number of nitrogens with one attached hydrogen (secondary N) is 3. The SMILES string of the molecule is O=C(Nc1ccccc1Br)C1CC(c2cccc3ccccc23)NN1. The van der Waals surface area contributed by atoms with Gasteiger partial charge in [-0.1, -0.05) is 54.6 Å². The van der Waals surface area contributed by atoms with Gasteiger partial charge in [0.2, 0.25) is 5.91 Å². The molecule has 1 heterocycles. The maximum Gasteiger partial charge on any atom is 0.242 e. The number of rotatable bonds is 3. The summed E-state index contributed by atoms with van der Waals surface area (Å²) in [5.74, 6) is -0.0397. The second-order valence-corrected chi connectivity index (χ2v) is 7.02. The minimum absolute atomic E-state index is 0.0397. The zero-order valence-corrected chi connectivity index (χ0v) is 15.1. The highest BCUT2D eigenvalue weighted by Crippen LogP contribution is 2.30. The van der Waals surface area contributed by atoms with Crippen molar-refractivity contribution in [1.29, 1.82) is 0 Å². The van der Waals surface area contributed by atoms with Crippen molar-refractivity contribution < 1.29 is 4.79 Å². The number of carbonyl (C=O) groups is 1. The summed E-state index contributed by atoms with van der Waals surface area (Å²) >= 11 is 3.46. The maximum atomic E-state index is 12.6. The first-order valence-electron chi connectivity index (χ1n) is 8.26. The molecule has 1 amide bonds. The zero-order valence-electron chi connectivity index (χ0n) is 13.5. The van der Waals surface area contributed by atoms with Crippen molar-refractivity contribution in [2.24, 2.45) is 0 Å². The van der Waals surface area contributed by atoms with Crippen LogP contribution in [0.4, 0.5) is 5.69 Å². The summed E-state index contributed by atoms with van der Waals surface area (Å²) in [4.78, 5) is 12.6. The van der Waals surface area contributed by atoms with E-state index in [-0.39, 0.29) is 18.0 Å². The van der Waals surface area contributed by atoms with Crippen molar-refractivity contribution in [3.05, 3.63) is 76.8 Å². The first kappa shape index (κ1) is 16.3. The predicted molar refractivity (Wildman–Crippen MR) is 104 cm³/mol. The predicted octanol–water partition coefficient (Wildman–Crippen LogP) is 4.15. The molecule has 0 bridgehead atoms. The number of hydrogen-bond donors (Lipinski definition) is 3. The van der Waals surface area contributed by atoms with Crippen LogP contribution in [0.2, 0.25) is 0 Å². The van der Waals surface area contributed by atoms with Crippen LogP contribution < -0.4 is 16.2 Å². The molecular formula is C20H18BrN3O. The van der Waals surface area contributed by atoms with Gasteiger partial charge in [-0.3, -0.25) is 4.79 Å². The molecule has 0 aromatic heterocycles. The van der Waals surface area contributed by atoms with Crippen LogP contribution in [-0.4, -0.2) is 11.9 Å². The molecule has 0 aliphatic carbocycles. The molecule has 2 atom stereocenters. The summed E-state index contributed by atoms with van der Waals surface area (Å²) in [6.45, 7) is 0. The molecule has 4 nitrogen and oxygen atoms in total. The Balaban J connectivity index is 1.51. The second kappa shape index (κ2) is 6.96. The number of benzene rings is 3. The lowest BCUT2D eigenvalue weighted by Gasteiger charge is -2.13. The van der Waals surface area contributed by atoms with E-state index in [1.54, 1.807) is 0 Å². The molecule has 3 aromatic rings. The highest BCUT2D eigenvalue weighted by Gasteiger charge is 2.31. The number of amides is 1. The number of para-hydroxylation sites is 1. The number of anilines is 1. The fourth-order valence-corrected chi connectivity index (χ4v) is 3.65. The Morgan fingerprint density at radius 3 is 2.60 bits per heavy atom. The molecule has 0 radical (unpaired) electrons. The maximum absolute atomic E-state index is 12.6. The first-order valence-corrected chi connectivity index (χ1v) is 9.06. The lowest BCUT2D eigenvalue weighted by molar-refractivity contribution is -0.117. The Bertz CT molecular complexity index is 922. The molecule has 3 aromatic carbocycles. The molecule has 3 N–H and O–H groups in total. The van der Waals surface area contributed by atoms with Gasteiger partial charge in [0.05, 0.1) is 5.69 Å². The Kier molecular flexibility index (Phi) is 4.53. The smallest absolute Gasteiger partial charge is 0.242 e. The number of hydrazine groups is 1. The van der Waals surface area contributed by atoms with Crippen LogP contribution in [-0.2, 0) is 4.79 Å². The van der Waals surface area contributed by atoms with Gasteiger partial charge < -0.3 is 5.32 Å². The van der Waals surface area contributed by atoms with Gasteiger partial charge >= 0.3 is 0 Å². The standard InChI is InChI=1S/C20H18BrN3O/c21-16-10-3-4-11-17(16)22-20(25)19-12-18(23-24-19)15-9-5-7-13-6-1-2-8-14(13)15/h1-11,18-19,23-24H,12H2,(H,22,25). The third-order valence-electron chi connectivity index (χ3n) is 4.55. The second-order valence-electron chi connectivity index (χ2n) is 6.17. The Morgan fingerprint density at radius 2 is 1.72 bits per heavy atom. The molecule has 1 fully saturated rings. The van der Waals surface area contributed by atoms with E-state index in [1.165, 1.54) is 16.3 Å². The van der Waals surface area contributed by atoms with E-state index in [0.717, 1.165) is 10.2 Å². The third kappa shape index (κ3) is 3.31. The van der Waals surface area contributed by atoms with Gasteiger partial charge in [-0.05, 0) is 50.8 Å². The van der Waals surface area contributed by atoms with E-state index in [1.807, 2.05) is 36.4 Å². The molecular weight excluding hydrogens is 378 g/mol. The van der Waals surface area contributed by atoms with E-state index < -0.39 is 0 Å². The highest BCUT2D eigenvalue weighted by molar-refractivity contribution is 9.10. The quantitative estimate of drug-likeness (QED) is 0.624. The van der Waals surface area contributed by atoms with Crippen molar-refractivity contribution >= 4 is 38.3 Å². The summed E-state index contributed by atoms with van der Waals surface area (Å²) in [5.41, 5.74) is 8.40. The summed E-state index contributed by atoms with van der Waals surface area (Å²) in [7, 11) is 0. The van der Waals surface area contributed by atoms with Gasteiger partial charge in [-0.25, -0.2) is 10.9 Å². The van der Waals surface area contributed by atoms with Crippen molar-refractivity contribution in [3.63, 3.8) is 0 Å². The highest BCUT2D eigenvalue weighted by atomic mass is 79.9. The van der Waals surface area contributed by atoms with Crippen LogP contribution in [0.3, 0.4) is 0 Å². The molecule has 1 saturated heterocycles. The minimum atomic E-state index is -0.281. The van der Waals surface area contributed by atoms with E-state index in [9.17, 15) is 4.79 Å². The number of hydrogen-bond acceptors (Lipinski definition) is 3. The zero-order chi connectivity index (χ0) is 17.2. The average molecular weight is 396 g/mol. The molecule has 5 heteroatoms. The van der Waals surface area contributed by atoms with Crippen LogP contribution in [0.1, 0.15) is 18.0 Å². The summed E-state index contributed by atoms with van der Waals surface area (Å²) in [6.07, 6.45) is 0.699. The Labute approximate surface area is 154 Å². The van der Waals surface area contributed by atoms with Crippen LogP contribution in [0.15, 0.2) is 71.2 Å². The lowest BCUT2D eigenvalue weighted by Crippen LogP contribution is -2.39. The first-order chi connectivity index (χ1) is 12.2. The summed E-state index contributed by atoms with van der Waals surface area (Å²) in [5, 5.41) is 5.40. The molecule has 25 heavy (non-hydrogen) atoms. The van der Waals surface area contributed by atoms with Crippen molar-refractivity contribution in [3.8, 4) is 0 Å². The van der Waals surface area contributed by atoms with Gasteiger partial charge in [0.1, 0.15) is 6.04 Å². The van der Waals surface area contributed by atoms with Gasteiger partial charge in [0, 0.05) is 10.5 Å². The van der Waals surface area contributed by atoms with E-state index in [0.29, 0.717) is 6.42 Å². The third-order valence-corrected chi connectivity index (χ3v) is 5.24. The molecule has 0 saturated carbocycles. The summed E-state index contributed by atoms with van der Waals surface area (Å²) < 4.78 is 0.875. The van der Waals surface area contributed by atoms with Crippen molar-refractivity contribution in [2.75, 3.05) is 5.32 Å². The van der Waals surface area contributed by atoms with Crippen LogP contribution in [0.5, 0.6) is 0 Å². The number of carbonyl (C=O) groups excluding carboxylic acids is 1. The van der Waals surface area contributed by atoms with E-state index in [2.05, 4.69) is 62.4 Å². The molecule has 1 aliphatic rings. The largest absolute Gasteiger partial charge is 0.324 e. The molecule has 1 aliphatic heterocycles. The fourth-order valence-electron chi connectivity index (χ4n) is 3.27. The van der Waals surface area contributed by atoms with Gasteiger partial charge in [-0.2, -0.15) is 0 Å². The fraction of sp³-hybridized carbons (Fsp3) is 0.150. The van der Waals surface area contributed by atoms with Gasteiger partial charge in [0.25, 0.3) is 0 Å². The lowest BCUT2D eigenvalue weighted by atomic mass is 9.96. The monoisotopic (exact) mass is 395 g/mol. The molecule has 126 valence electrons. The molecule has 0 spiro atoms. The Hall–Kier alpha value is -2.21. The van der Waals surface area contributed by atoms with E-state index in [4.69, 9.17) is 0 Å². The minimum Gasteiger partial charge on any atom is -0.324 e. The van der Waals surface area contributed by atoms with Gasteiger partial charge in [0.15, 0.2) is 0 Å². The topological polar surface area (TPSA) is 53.2 Å². The Morgan fingerprint density at radius 1 is 0.960 bits per heavy atom. The van der Waals surface area contributed by atoms with Crippen LogP contribution in [0.25, 0.3) is 10.8 Å². The molecule has 4 rings (SSSR count). The number of halogens is 1. The van der Waals surface area contributed by atoms with E-state index >= 15 is 0 Å². The van der Waals surface area contributed by atoms with Crippen molar-refractivity contribution in [2.45, 2.75) is 18.5 Å². The average Bonchev–Trinajstić information content (AvgIpc) is 3.13. The van der Waals surface area contributed by atoms with Crippen LogP contribution >= 0.6 is 15.9 Å². The van der Waals surface area contributed by atoms with Crippen LogP contribution in [0, 0.1) is 0 Å². The molecule has 2 unspecified atom stereocenters. The van der Waals surface area contributed by atoms with Gasteiger partial charge in [-0.15, -0.1) is 0 Å². The number of fused-ring (bicyclic) bond motifs is 1. The summed E-state index contributed by atoms with van der Waals surface area (Å²) in [6, 6.07) is 22.1. The van der Waals surface area contributed by atoms with Crippen molar-refractivity contribution in [1.82, 2.24) is 10.9 Å².